The van der Waals surface area contributed by atoms with Crippen molar-refractivity contribution in [2.45, 2.75) is 18.9 Å². The third kappa shape index (κ3) is 2.47. The average Bonchev–Trinajstić information content (AvgIpc) is 2.08. The Hall–Kier alpha value is -1.55. The summed E-state index contributed by atoms with van der Waals surface area (Å²) in [4.78, 5) is 10.7. The smallest absolute Gasteiger partial charge is 0.323 e. The van der Waals surface area contributed by atoms with Gasteiger partial charge in [0.2, 0.25) is 0 Å². The zero-order chi connectivity index (χ0) is 10.8. The molecule has 0 radical (unpaired) electrons. The van der Waals surface area contributed by atoms with Gasteiger partial charge in [0.05, 0.1) is 0 Å². The van der Waals surface area contributed by atoms with Crippen LogP contribution in [0.2, 0.25) is 0 Å². The Morgan fingerprint density at radius 2 is 1.93 bits per heavy atom. The van der Waals surface area contributed by atoms with E-state index in [1.807, 2.05) is 0 Å². The van der Waals surface area contributed by atoms with E-state index in [0.29, 0.717) is 12.1 Å². The third-order valence-corrected chi connectivity index (χ3v) is 2.04. The number of carboxylic acids is 1. The van der Waals surface area contributed by atoms with E-state index in [2.05, 4.69) is 0 Å². The second-order valence-electron chi connectivity index (χ2n) is 3.64. The van der Waals surface area contributed by atoms with Gasteiger partial charge in [-0.1, -0.05) is 12.1 Å². The lowest BCUT2D eigenvalue weighted by molar-refractivity contribution is -0.142. The minimum Gasteiger partial charge on any atom is -0.480 e. The molecule has 0 spiro atoms. The molecule has 5 N–H and O–H groups in total. The molecule has 0 aromatic heterocycles. The van der Waals surface area contributed by atoms with Crippen molar-refractivity contribution < 1.29 is 9.90 Å². The average molecular weight is 194 g/mol. The lowest BCUT2D eigenvalue weighted by Gasteiger charge is -2.18. The summed E-state index contributed by atoms with van der Waals surface area (Å²) in [6.45, 7) is 1.49. The summed E-state index contributed by atoms with van der Waals surface area (Å²) in [6, 6.07) is 7.02. The Morgan fingerprint density at radius 3 is 2.36 bits per heavy atom. The second-order valence-corrected chi connectivity index (χ2v) is 3.64. The zero-order valence-corrected chi connectivity index (χ0v) is 8.03. The van der Waals surface area contributed by atoms with Crippen LogP contribution in [0.5, 0.6) is 0 Å². The number of aliphatic carboxylic acids is 1. The summed E-state index contributed by atoms with van der Waals surface area (Å²) >= 11 is 0. The SMILES string of the molecule is C[C@](N)(Cc1ccc(N)cc1)C(=O)O. The maximum atomic E-state index is 10.7. The van der Waals surface area contributed by atoms with Crippen LogP contribution in [0.25, 0.3) is 0 Å². The molecule has 1 aromatic carbocycles. The van der Waals surface area contributed by atoms with Crippen LogP contribution in [0, 0.1) is 0 Å². The van der Waals surface area contributed by atoms with Crippen molar-refractivity contribution in [3.63, 3.8) is 0 Å². The molecule has 14 heavy (non-hydrogen) atoms. The van der Waals surface area contributed by atoms with Gasteiger partial charge in [0.25, 0.3) is 0 Å². The lowest BCUT2D eigenvalue weighted by Crippen LogP contribution is -2.46. The molecular weight excluding hydrogens is 180 g/mol. The molecule has 0 fully saturated rings. The van der Waals surface area contributed by atoms with E-state index in [-0.39, 0.29) is 0 Å². The zero-order valence-electron chi connectivity index (χ0n) is 8.03. The minimum atomic E-state index is -1.23. The predicted octanol–water partition coefficient (Wildman–Crippen LogP) is 0.613. The minimum absolute atomic E-state index is 0.294. The number of anilines is 1. The quantitative estimate of drug-likeness (QED) is 0.615. The Kier molecular flexibility index (Phi) is 2.76. The second kappa shape index (κ2) is 3.67. The molecule has 1 aromatic rings. The molecule has 0 saturated heterocycles. The van der Waals surface area contributed by atoms with Gasteiger partial charge in [-0.25, -0.2) is 0 Å². The van der Waals surface area contributed by atoms with Crippen LogP contribution in [-0.2, 0) is 11.2 Å². The van der Waals surface area contributed by atoms with Crippen LogP contribution in [-0.4, -0.2) is 16.6 Å². The summed E-state index contributed by atoms with van der Waals surface area (Å²) in [7, 11) is 0. The Labute approximate surface area is 82.5 Å². The van der Waals surface area contributed by atoms with E-state index in [4.69, 9.17) is 16.6 Å². The first-order valence-corrected chi connectivity index (χ1v) is 4.28. The highest BCUT2D eigenvalue weighted by Gasteiger charge is 2.27. The number of hydrogen-bond donors (Lipinski definition) is 3. The molecule has 1 atom stereocenters. The Morgan fingerprint density at radius 1 is 1.43 bits per heavy atom. The van der Waals surface area contributed by atoms with Gasteiger partial charge in [0, 0.05) is 12.1 Å². The molecule has 0 aliphatic rings. The van der Waals surface area contributed by atoms with Crippen molar-refractivity contribution >= 4 is 11.7 Å². The molecule has 4 heteroatoms. The van der Waals surface area contributed by atoms with Crippen molar-refractivity contribution in [1.82, 2.24) is 0 Å². The van der Waals surface area contributed by atoms with Crippen LogP contribution in [0.4, 0.5) is 5.69 Å². The fourth-order valence-corrected chi connectivity index (χ4v) is 1.14. The van der Waals surface area contributed by atoms with Crippen molar-refractivity contribution in [2.75, 3.05) is 5.73 Å². The van der Waals surface area contributed by atoms with Crippen molar-refractivity contribution in [3.05, 3.63) is 29.8 Å². The third-order valence-electron chi connectivity index (χ3n) is 2.04. The molecule has 1 rings (SSSR count). The largest absolute Gasteiger partial charge is 0.480 e. The highest BCUT2D eigenvalue weighted by molar-refractivity contribution is 5.78. The van der Waals surface area contributed by atoms with Gasteiger partial charge in [-0.05, 0) is 24.6 Å². The number of hydrogen-bond acceptors (Lipinski definition) is 3. The molecule has 4 nitrogen and oxygen atoms in total. The van der Waals surface area contributed by atoms with Crippen LogP contribution in [0.15, 0.2) is 24.3 Å². The number of carboxylic acid groups (broad SMARTS) is 1. The highest BCUT2D eigenvalue weighted by Crippen LogP contribution is 2.12. The topological polar surface area (TPSA) is 89.3 Å². The van der Waals surface area contributed by atoms with E-state index in [1.54, 1.807) is 24.3 Å². The molecule has 0 amide bonds. The fourth-order valence-electron chi connectivity index (χ4n) is 1.14. The van der Waals surface area contributed by atoms with E-state index in [1.165, 1.54) is 6.92 Å². The number of nitrogens with two attached hydrogens (primary N) is 2. The van der Waals surface area contributed by atoms with Gasteiger partial charge >= 0.3 is 5.97 Å². The number of carbonyl (C=O) groups is 1. The summed E-state index contributed by atoms with van der Waals surface area (Å²) in [5, 5.41) is 8.81. The van der Waals surface area contributed by atoms with Crippen LogP contribution >= 0.6 is 0 Å². The van der Waals surface area contributed by atoms with Crippen LogP contribution in [0.3, 0.4) is 0 Å². The highest BCUT2D eigenvalue weighted by atomic mass is 16.4. The summed E-state index contributed by atoms with van der Waals surface area (Å²) in [6.07, 6.45) is 0.294. The van der Waals surface area contributed by atoms with Gasteiger partial charge in [0.15, 0.2) is 0 Å². The molecule has 0 bridgehead atoms. The van der Waals surface area contributed by atoms with Gasteiger partial charge in [-0.2, -0.15) is 0 Å². The van der Waals surface area contributed by atoms with E-state index in [9.17, 15) is 4.79 Å². The molecule has 0 saturated carbocycles. The molecule has 0 heterocycles. The number of benzene rings is 1. The van der Waals surface area contributed by atoms with E-state index >= 15 is 0 Å². The summed E-state index contributed by atoms with van der Waals surface area (Å²) in [5.41, 5.74) is 11.4. The molecule has 0 unspecified atom stereocenters. The maximum Gasteiger partial charge on any atom is 0.323 e. The lowest BCUT2D eigenvalue weighted by atomic mass is 9.94. The first-order chi connectivity index (χ1) is 6.42. The fraction of sp³-hybridized carbons (Fsp3) is 0.300. The van der Waals surface area contributed by atoms with Gasteiger partial charge in [-0.3, -0.25) is 4.79 Å². The van der Waals surface area contributed by atoms with Gasteiger partial charge in [-0.15, -0.1) is 0 Å². The van der Waals surface area contributed by atoms with E-state index < -0.39 is 11.5 Å². The van der Waals surface area contributed by atoms with E-state index in [0.717, 1.165) is 5.56 Å². The van der Waals surface area contributed by atoms with Crippen LogP contribution < -0.4 is 11.5 Å². The number of rotatable bonds is 3. The van der Waals surface area contributed by atoms with Gasteiger partial charge < -0.3 is 16.6 Å². The van der Waals surface area contributed by atoms with Crippen molar-refractivity contribution in [3.8, 4) is 0 Å². The number of nitrogen functional groups attached to an aromatic ring is 1. The first-order valence-electron chi connectivity index (χ1n) is 4.28. The summed E-state index contributed by atoms with van der Waals surface area (Å²) < 4.78 is 0. The molecule has 76 valence electrons. The standard InChI is InChI=1S/C10H14N2O2/c1-10(12,9(13)14)6-7-2-4-8(11)5-3-7/h2-5H,6,11-12H2,1H3,(H,13,14)/t10-/m0/s1. The molecule has 0 aliphatic carbocycles. The predicted molar refractivity (Wildman–Crippen MR) is 54.8 cm³/mol. The Balaban J connectivity index is 2.79. The van der Waals surface area contributed by atoms with Crippen molar-refractivity contribution in [1.29, 1.82) is 0 Å². The normalized spacial score (nSPS) is 14.7. The van der Waals surface area contributed by atoms with Gasteiger partial charge in [0.1, 0.15) is 5.54 Å². The van der Waals surface area contributed by atoms with Crippen LogP contribution in [0.1, 0.15) is 12.5 Å². The molecule has 0 aliphatic heterocycles. The summed E-state index contributed by atoms with van der Waals surface area (Å²) in [5.74, 6) is -1.01. The van der Waals surface area contributed by atoms with Crippen molar-refractivity contribution in [2.24, 2.45) is 5.73 Å². The Bertz CT molecular complexity index is 330. The molecular formula is C10H14N2O2. The monoisotopic (exact) mass is 194 g/mol. The maximum absolute atomic E-state index is 10.7. The first kappa shape index (κ1) is 10.5.